The molecule has 0 aromatic heterocycles. The lowest BCUT2D eigenvalue weighted by atomic mass is 9.54. The summed E-state index contributed by atoms with van der Waals surface area (Å²) in [4.78, 5) is 27.1. The van der Waals surface area contributed by atoms with E-state index in [1.165, 1.54) is 18.9 Å². The van der Waals surface area contributed by atoms with Crippen LogP contribution in [0.2, 0.25) is 0 Å². The van der Waals surface area contributed by atoms with Gasteiger partial charge in [0.2, 0.25) is 0 Å². The maximum Gasteiger partial charge on any atom is 0.261 e. The van der Waals surface area contributed by atoms with Gasteiger partial charge < -0.3 is 15.1 Å². The van der Waals surface area contributed by atoms with Crippen LogP contribution in [-0.2, 0) is 9.59 Å². The quantitative estimate of drug-likeness (QED) is 0.337. The van der Waals surface area contributed by atoms with Gasteiger partial charge >= 0.3 is 0 Å². The number of amides is 1. The van der Waals surface area contributed by atoms with E-state index in [-0.39, 0.29) is 23.2 Å². The molecule has 5 nitrogen and oxygen atoms in total. The van der Waals surface area contributed by atoms with E-state index in [0.29, 0.717) is 11.8 Å². The molecule has 0 bridgehead atoms. The molecule has 5 heteroatoms. The summed E-state index contributed by atoms with van der Waals surface area (Å²) in [7, 11) is 1.51. The fourth-order valence-corrected chi connectivity index (χ4v) is 5.66. The number of aliphatic hydroxyl groups excluding tert-OH is 2. The third-order valence-electron chi connectivity index (χ3n) is 7.26. The first kappa shape index (κ1) is 20.8. The number of ketones is 1. The summed E-state index contributed by atoms with van der Waals surface area (Å²) in [5.41, 5.74) is -0.862. The summed E-state index contributed by atoms with van der Waals surface area (Å²) in [6.45, 7) is 7.69. The molecule has 2 N–H and O–H groups in total. The maximum absolute atomic E-state index is 13.0. The number of nitrogens with zero attached hydrogens (tertiary/aromatic N) is 1. The van der Waals surface area contributed by atoms with Crippen LogP contribution in [0.1, 0.15) is 47.0 Å². The monoisotopic (exact) mass is 387 g/mol. The lowest BCUT2D eigenvalue weighted by molar-refractivity contribution is -0.128. The van der Waals surface area contributed by atoms with Gasteiger partial charge in [0.25, 0.3) is 5.91 Å². The number of fused-ring (bicyclic) bond motifs is 1. The van der Waals surface area contributed by atoms with Crippen molar-refractivity contribution in [3.63, 3.8) is 0 Å². The van der Waals surface area contributed by atoms with Crippen molar-refractivity contribution in [3.05, 3.63) is 35.6 Å². The number of aliphatic hydroxyl groups is 2. The average molecular weight is 388 g/mol. The molecule has 0 spiro atoms. The summed E-state index contributed by atoms with van der Waals surface area (Å²) in [6, 6.07) is -0.935. The van der Waals surface area contributed by atoms with E-state index >= 15 is 0 Å². The van der Waals surface area contributed by atoms with Gasteiger partial charge in [-0.15, -0.1) is 0 Å². The molecule has 3 aliphatic rings. The Morgan fingerprint density at radius 1 is 1.32 bits per heavy atom. The molecule has 0 aromatic rings. The summed E-state index contributed by atoms with van der Waals surface area (Å²) >= 11 is 0. The SMILES string of the molecule is C/C=C/[C@@H]1C=C[C@@H]2C[C@@H](C)CC[C@@H]2[C@]1(C)/C(O)=C1\C(=O)[C@H](C(C)O)N(C)C1=O. The van der Waals surface area contributed by atoms with Crippen molar-refractivity contribution in [3.8, 4) is 0 Å². The molecule has 7 atom stereocenters. The van der Waals surface area contributed by atoms with Crippen LogP contribution in [0.4, 0.5) is 0 Å². The minimum atomic E-state index is -0.986. The molecule has 1 aliphatic heterocycles. The molecule has 1 heterocycles. The minimum Gasteiger partial charge on any atom is -0.511 e. The zero-order valence-corrected chi connectivity index (χ0v) is 17.6. The Hall–Kier alpha value is -1.88. The number of Topliss-reactive ketones (excluding diaryl/α,β-unsaturated/α-hetero) is 1. The molecule has 1 saturated heterocycles. The van der Waals surface area contributed by atoms with Gasteiger partial charge in [-0.25, -0.2) is 0 Å². The van der Waals surface area contributed by atoms with Gasteiger partial charge in [0, 0.05) is 18.4 Å². The van der Waals surface area contributed by atoms with Crippen molar-refractivity contribution in [2.75, 3.05) is 7.05 Å². The van der Waals surface area contributed by atoms with Crippen LogP contribution in [0, 0.1) is 29.1 Å². The van der Waals surface area contributed by atoms with Crippen molar-refractivity contribution >= 4 is 11.7 Å². The molecule has 3 rings (SSSR count). The normalized spacial score (nSPS) is 41.5. The standard InChI is InChI=1S/C23H33NO4/c1-6-7-16-10-9-15-12-13(2)8-11-17(15)23(16,4)21(27)18-20(26)19(14(3)25)24(5)22(18)28/h6-7,9-10,13-17,19,25,27H,8,11-12H2,1-5H3/b7-6+,21-18-/t13-,14?,15+,16+,17-,19-,23+/m0/s1. The largest absolute Gasteiger partial charge is 0.511 e. The summed E-state index contributed by atoms with van der Waals surface area (Å²) < 4.78 is 0. The molecule has 1 unspecified atom stereocenters. The topological polar surface area (TPSA) is 77.8 Å². The van der Waals surface area contributed by atoms with Gasteiger partial charge in [-0.2, -0.15) is 0 Å². The molecular weight excluding hydrogens is 354 g/mol. The molecule has 1 saturated carbocycles. The molecule has 2 aliphatic carbocycles. The Morgan fingerprint density at radius 3 is 2.57 bits per heavy atom. The summed E-state index contributed by atoms with van der Waals surface area (Å²) in [5, 5.41) is 21.5. The Bertz CT molecular complexity index is 750. The number of carbonyl (C=O) groups is 2. The Labute approximate surface area is 167 Å². The van der Waals surface area contributed by atoms with Crippen LogP contribution >= 0.6 is 0 Å². The molecular formula is C23H33NO4. The molecule has 154 valence electrons. The van der Waals surface area contributed by atoms with E-state index in [1.54, 1.807) is 0 Å². The van der Waals surface area contributed by atoms with Gasteiger partial charge in [0.05, 0.1) is 6.10 Å². The first-order chi connectivity index (χ1) is 13.1. The van der Waals surface area contributed by atoms with Crippen LogP contribution < -0.4 is 0 Å². The molecule has 28 heavy (non-hydrogen) atoms. The van der Waals surface area contributed by atoms with Crippen molar-refractivity contribution < 1.29 is 19.8 Å². The van der Waals surface area contributed by atoms with E-state index in [1.807, 2.05) is 26.0 Å². The van der Waals surface area contributed by atoms with E-state index in [9.17, 15) is 19.8 Å². The lowest BCUT2D eigenvalue weighted by Crippen LogP contribution is -2.45. The van der Waals surface area contributed by atoms with Crippen LogP contribution in [0.5, 0.6) is 0 Å². The van der Waals surface area contributed by atoms with Crippen molar-refractivity contribution in [1.82, 2.24) is 4.90 Å². The molecule has 0 aromatic carbocycles. The highest BCUT2D eigenvalue weighted by Crippen LogP contribution is 2.56. The highest BCUT2D eigenvalue weighted by molar-refractivity contribution is 6.27. The van der Waals surface area contributed by atoms with Crippen molar-refractivity contribution in [2.24, 2.45) is 29.1 Å². The fourth-order valence-electron chi connectivity index (χ4n) is 5.66. The number of allylic oxidation sites excluding steroid dienone is 5. The van der Waals surface area contributed by atoms with Crippen LogP contribution in [-0.4, -0.2) is 46.0 Å². The van der Waals surface area contributed by atoms with Gasteiger partial charge in [-0.1, -0.05) is 44.6 Å². The number of rotatable bonds is 3. The van der Waals surface area contributed by atoms with Crippen molar-refractivity contribution in [1.29, 1.82) is 0 Å². The van der Waals surface area contributed by atoms with Crippen LogP contribution in [0.25, 0.3) is 0 Å². The van der Waals surface area contributed by atoms with E-state index in [4.69, 9.17) is 0 Å². The number of hydrogen-bond acceptors (Lipinski definition) is 4. The van der Waals surface area contributed by atoms with E-state index < -0.39 is 29.3 Å². The van der Waals surface area contributed by atoms with Gasteiger partial charge in [-0.05, 0) is 44.4 Å². The highest BCUT2D eigenvalue weighted by atomic mass is 16.3. The van der Waals surface area contributed by atoms with Gasteiger partial charge in [0.15, 0.2) is 5.78 Å². The first-order valence-electron chi connectivity index (χ1n) is 10.4. The Balaban J connectivity index is 2.14. The average Bonchev–Trinajstić information content (AvgIpc) is 2.85. The third kappa shape index (κ3) is 3.04. The number of hydrogen-bond donors (Lipinski definition) is 2. The van der Waals surface area contributed by atoms with Crippen molar-refractivity contribution in [2.45, 2.75) is 59.1 Å². The third-order valence-corrected chi connectivity index (χ3v) is 7.26. The van der Waals surface area contributed by atoms with E-state index in [2.05, 4.69) is 19.1 Å². The fraction of sp³-hybridized carbons (Fsp3) is 0.652. The number of likely N-dealkylation sites (N-methyl/N-ethyl adjacent to an activating group) is 1. The molecule has 1 amide bonds. The highest BCUT2D eigenvalue weighted by Gasteiger charge is 2.54. The second-order valence-corrected chi connectivity index (χ2v) is 9.10. The van der Waals surface area contributed by atoms with Gasteiger partial charge in [0.1, 0.15) is 17.4 Å². The molecule has 0 radical (unpaired) electrons. The second kappa shape index (κ2) is 7.51. The van der Waals surface area contributed by atoms with Crippen LogP contribution in [0.15, 0.2) is 35.6 Å². The predicted octanol–water partition coefficient (Wildman–Crippen LogP) is 3.41. The predicted molar refractivity (Wildman–Crippen MR) is 108 cm³/mol. The van der Waals surface area contributed by atoms with Crippen LogP contribution in [0.3, 0.4) is 0 Å². The Kier molecular flexibility index (Phi) is 5.59. The summed E-state index contributed by atoms with van der Waals surface area (Å²) in [5.74, 6) is -0.0388. The zero-order chi connectivity index (χ0) is 20.8. The number of carbonyl (C=O) groups excluding carboxylic acids is 2. The lowest BCUT2D eigenvalue weighted by Gasteiger charge is -2.50. The smallest absolute Gasteiger partial charge is 0.261 e. The Morgan fingerprint density at radius 2 is 2.00 bits per heavy atom. The summed E-state index contributed by atoms with van der Waals surface area (Å²) in [6.07, 6.45) is 10.5. The first-order valence-corrected chi connectivity index (χ1v) is 10.4. The second-order valence-electron chi connectivity index (χ2n) is 9.10. The maximum atomic E-state index is 13.0. The minimum absolute atomic E-state index is 0.0869. The molecule has 2 fully saturated rings. The zero-order valence-electron chi connectivity index (χ0n) is 17.6. The van der Waals surface area contributed by atoms with E-state index in [0.717, 1.165) is 19.3 Å². The number of likely N-dealkylation sites (tertiary alicyclic amines) is 1. The van der Waals surface area contributed by atoms with Gasteiger partial charge in [-0.3, -0.25) is 9.59 Å².